The van der Waals surface area contributed by atoms with E-state index in [2.05, 4.69) is 24.5 Å². The van der Waals surface area contributed by atoms with E-state index >= 15 is 0 Å². The summed E-state index contributed by atoms with van der Waals surface area (Å²) in [7, 11) is 4.79. The van der Waals surface area contributed by atoms with E-state index in [1.807, 2.05) is 12.1 Å². The maximum Gasteiger partial charge on any atom is 0.225 e. The van der Waals surface area contributed by atoms with Crippen LogP contribution in [0, 0.1) is 11.8 Å². The third kappa shape index (κ3) is 4.57. The molecule has 6 nitrogen and oxygen atoms in total. The van der Waals surface area contributed by atoms with Crippen molar-refractivity contribution in [1.29, 1.82) is 0 Å². The van der Waals surface area contributed by atoms with Crippen molar-refractivity contribution in [2.45, 2.75) is 26.2 Å². The van der Waals surface area contributed by atoms with Crippen molar-refractivity contribution in [3.63, 3.8) is 0 Å². The number of carbonyl (C=O) groups is 1. The second-order valence-electron chi connectivity index (χ2n) is 6.80. The van der Waals surface area contributed by atoms with Gasteiger partial charge in [0, 0.05) is 25.6 Å². The van der Waals surface area contributed by atoms with Crippen LogP contribution in [0.2, 0.25) is 0 Å². The summed E-state index contributed by atoms with van der Waals surface area (Å²) >= 11 is 0. The van der Waals surface area contributed by atoms with Crippen molar-refractivity contribution in [3.8, 4) is 17.2 Å². The van der Waals surface area contributed by atoms with Gasteiger partial charge in [-0.2, -0.15) is 0 Å². The second-order valence-corrected chi connectivity index (χ2v) is 6.80. The second kappa shape index (κ2) is 8.94. The summed E-state index contributed by atoms with van der Waals surface area (Å²) in [5.74, 6) is 2.45. The van der Waals surface area contributed by atoms with Crippen LogP contribution in [0.5, 0.6) is 17.2 Å². The van der Waals surface area contributed by atoms with E-state index in [1.54, 1.807) is 21.3 Å². The van der Waals surface area contributed by atoms with Gasteiger partial charge in [0.2, 0.25) is 11.7 Å². The van der Waals surface area contributed by atoms with Crippen molar-refractivity contribution < 1.29 is 19.0 Å². The molecule has 140 valence electrons. The summed E-state index contributed by atoms with van der Waals surface area (Å²) in [4.78, 5) is 12.6. The van der Waals surface area contributed by atoms with E-state index < -0.39 is 0 Å². The highest BCUT2D eigenvalue weighted by molar-refractivity contribution is 5.80. The molecule has 0 saturated carbocycles. The zero-order chi connectivity index (χ0) is 18.4. The molecule has 0 aliphatic carbocycles. The average molecular weight is 350 g/mol. The standard InChI is InChI=1S/C19H30N2O4/c1-12(2)6-7-21-19(22)15-11-20-10-14(15)13-8-16(23-3)18(25-5)17(9-13)24-4/h8-9,12,14-15,20H,6-7,10-11H2,1-5H3,(H,21,22). The van der Waals surface area contributed by atoms with E-state index in [0.717, 1.165) is 25.1 Å². The lowest BCUT2D eigenvalue weighted by Crippen LogP contribution is -2.35. The van der Waals surface area contributed by atoms with Crippen LogP contribution in [-0.4, -0.2) is 46.9 Å². The Labute approximate surface area is 150 Å². The molecule has 6 heteroatoms. The minimum absolute atomic E-state index is 0.0766. The Morgan fingerprint density at radius 1 is 1.16 bits per heavy atom. The number of hydrogen-bond acceptors (Lipinski definition) is 5. The van der Waals surface area contributed by atoms with Gasteiger partial charge in [0.05, 0.1) is 27.2 Å². The molecule has 1 saturated heterocycles. The minimum atomic E-state index is -0.102. The summed E-state index contributed by atoms with van der Waals surface area (Å²) in [6.07, 6.45) is 0.987. The molecule has 2 rings (SSSR count). The maximum absolute atomic E-state index is 12.6. The Morgan fingerprint density at radius 2 is 1.80 bits per heavy atom. The third-order valence-electron chi connectivity index (χ3n) is 4.69. The van der Waals surface area contributed by atoms with Crippen molar-refractivity contribution in [2.24, 2.45) is 11.8 Å². The number of rotatable bonds is 8. The predicted molar refractivity (Wildman–Crippen MR) is 97.7 cm³/mol. The molecule has 1 heterocycles. The van der Waals surface area contributed by atoms with Crippen LogP contribution in [0.15, 0.2) is 12.1 Å². The molecule has 2 N–H and O–H groups in total. The zero-order valence-corrected chi connectivity index (χ0v) is 15.8. The van der Waals surface area contributed by atoms with Gasteiger partial charge in [-0.15, -0.1) is 0 Å². The fourth-order valence-electron chi connectivity index (χ4n) is 3.24. The first-order valence-electron chi connectivity index (χ1n) is 8.80. The van der Waals surface area contributed by atoms with E-state index in [0.29, 0.717) is 29.7 Å². The summed E-state index contributed by atoms with van der Waals surface area (Å²) in [5.41, 5.74) is 1.02. The molecule has 1 amide bonds. The average Bonchev–Trinajstić information content (AvgIpc) is 3.09. The fourth-order valence-corrected chi connectivity index (χ4v) is 3.24. The largest absolute Gasteiger partial charge is 0.493 e. The van der Waals surface area contributed by atoms with E-state index in [4.69, 9.17) is 14.2 Å². The van der Waals surface area contributed by atoms with Gasteiger partial charge < -0.3 is 24.8 Å². The number of ether oxygens (including phenoxy) is 3. The third-order valence-corrected chi connectivity index (χ3v) is 4.69. The predicted octanol–water partition coefficient (Wildman–Crippen LogP) is 2.18. The van der Waals surface area contributed by atoms with Crippen molar-refractivity contribution in [3.05, 3.63) is 17.7 Å². The van der Waals surface area contributed by atoms with Crippen LogP contribution in [0.1, 0.15) is 31.7 Å². The van der Waals surface area contributed by atoms with E-state index in [9.17, 15) is 4.79 Å². The molecule has 0 radical (unpaired) electrons. The van der Waals surface area contributed by atoms with Crippen LogP contribution in [-0.2, 0) is 4.79 Å². The smallest absolute Gasteiger partial charge is 0.225 e. The molecule has 1 fully saturated rings. The first kappa shape index (κ1) is 19.4. The molecule has 1 aliphatic heterocycles. The van der Waals surface area contributed by atoms with Gasteiger partial charge >= 0.3 is 0 Å². The quantitative estimate of drug-likeness (QED) is 0.752. The number of carbonyl (C=O) groups excluding carboxylic acids is 1. The molecular formula is C19H30N2O4. The van der Waals surface area contributed by atoms with Crippen molar-refractivity contribution in [1.82, 2.24) is 10.6 Å². The van der Waals surface area contributed by atoms with Gasteiger partial charge in [0.15, 0.2) is 11.5 Å². The Bertz CT molecular complexity index is 564. The molecular weight excluding hydrogens is 320 g/mol. The first-order valence-corrected chi connectivity index (χ1v) is 8.80. The monoisotopic (exact) mass is 350 g/mol. The van der Waals surface area contributed by atoms with Crippen molar-refractivity contribution >= 4 is 5.91 Å². The number of benzene rings is 1. The van der Waals surface area contributed by atoms with Crippen molar-refractivity contribution in [2.75, 3.05) is 41.0 Å². The summed E-state index contributed by atoms with van der Waals surface area (Å²) < 4.78 is 16.3. The topological polar surface area (TPSA) is 68.8 Å². The first-order chi connectivity index (χ1) is 12.0. The number of methoxy groups -OCH3 is 3. The molecule has 0 aromatic heterocycles. The van der Waals surface area contributed by atoms with Crippen LogP contribution >= 0.6 is 0 Å². The molecule has 2 unspecified atom stereocenters. The van der Waals surface area contributed by atoms with Crippen LogP contribution < -0.4 is 24.8 Å². The Kier molecular flexibility index (Phi) is 6.93. The number of nitrogens with one attached hydrogen (secondary N) is 2. The molecule has 1 aromatic rings. The van der Waals surface area contributed by atoms with Gasteiger partial charge in [-0.05, 0) is 30.0 Å². The normalized spacial score (nSPS) is 19.8. The molecule has 0 spiro atoms. The summed E-state index contributed by atoms with van der Waals surface area (Å²) in [5, 5.41) is 6.40. The van der Waals surface area contributed by atoms with E-state index in [-0.39, 0.29) is 17.7 Å². The van der Waals surface area contributed by atoms with Crippen LogP contribution in [0.25, 0.3) is 0 Å². The van der Waals surface area contributed by atoms with E-state index in [1.165, 1.54) is 0 Å². The lowest BCUT2D eigenvalue weighted by atomic mass is 9.87. The lowest BCUT2D eigenvalue weighted by Gasteiger charge is -2.21. The fraction of sp³-hybridized carbons (Fsp3) is 0.632. The van der Waals surface area contributed by atoms with Gasteiger partial charge in [-0.1, -0.05) is 13.8 Å². The molecule has 2 atom stereocenters. The summed E-state index contributed by atoms with van der Waals surface area (Å²) in [6.45, 7) is 6.45. The Morgan fingerprint density at radius 3 is 2.32 bits per heavy atom. The number of amides is 1. The van der Waals surface area contributed by atoms with Gasteiger partial charge in [-0.3, -0.25) is 4.79 Å². The molecule has 0 bridgehead atoms. The van der Waals surface area contributed by atoms with Gasteiger partial charge in [0.1, 0.15) is 0 Å². The highest BCUT2D eigenvalue weighted by atomic mass is 16.5. The summed E-state index contributed by atoms with van der Waals surface area (Å²) in [6, 6.07) is 3.88. The SMILES string of the molecule is COc1cc(C2CNCC2C(=O)NCCC(C)C)cc(OC)c1OC. The molecule has 25 heavy (non-hydrogen) atoms. The Hall–Kier alpha value is -1.95. The van der Waals surface area contributed by atoms with Gasteiger partial charge in [-0.25, -0.2) is 0 Å². The number of hydrogen-bond donors (Lipinski definition) is 2. The molecule has 1 aromatic carbocycles. The van der Waals surface area contributed by atoms with Gasteiger partial charge in [0.25, 0.3) is 0 Å². The highest BCUT2D eigenvalue weighted by Gasteiger charge is 2.35. The zero-order valence-electron chi connectivity index (χ0n) is 15.8. The minimum Gasteiger partial charge on any atom is -0.493 e. The highest BCUT2D eigenvalue weighted by Crippen LogP contribution is 2.42. The van der Waals surface area contributed by atoms with Crippen LogP contribution in [0.3, 0.4) is 0 Å². The molecule has 1 aliphatic rings. The van der Waals surface area contributed by atoms with Crippen LogP contribution in [0.4, 0.5) is 0 Å². The maximum atomic E-state index is 12.6. The Balaban J connectivity index is 2.20. The lowest BCUT2D eigenvalue weighted by molar-refractivity contribution is -0.124.